The molecule has 144 valence electrons. The molecule has 1 aliphatic rings. The summed E-state index contributed by atoms with van der Waals surface area (Å²) in [5.41, 5.74) is 1.71. The fourth-order valence-electron chi connectivity index (χ4n) is 4.40. The lowest BCUT2D eigenvalue weighted by molar-refractivity contribution is -0.137. The van der Waals surface area contributed by atoms with Crippen molar-refractivity contribution in [3.63, 3.8) is 0 Å². The van der Waals surface area contributed by atoms with Crippen LogP contribution in [-0.4, -0.2) is 38.1 Å². The highest BCUT2D eigenvalue weighted by atomic mass is 16.3. The van der Waals surface area contributed by atoms with Crippen LogP contribution in [0.25, 0.3) is 16.6 Å². The van der Waals surface area contributed by atoms with Crippen molar-refractivity contribution in [2.75, 3.05) is 13.1 Å². The maximum Gasteiger partial charge on any atom is 0.291 e. The summed E-state index contributed by atoms with van der Waals surface area (Å²) < 4.78 is 8.63. The maximum absolute atomic E-state index is 13.1. The van der Waals surface area contributed by atoms with Crippen molar-refractivity contribution in [2.24, 2.45) is 11.8 Å². The van der Waals surface area contributed by atoms with Crippen molar-refractivity contribution in [3.8, 4) is 0 Å². The predicted molar refractivity (Wildman–Crippen MR) is 103 cm³/mol. The lowest BCUT2D eigenvalue weighted by atomic mass is 9.91. The van der Waals surface area contributed by atoms with Gasteiger partial charge in [0.1, 0.15) is 17.4 Å². The highest BCUT2D eigenvalue weighted by Crippen LogP contribution is 2.24. The fraction of sp³-hybridized carbons (Fsp3) is 0.550. The van der Waals surface area contributed by atoms with Gasteiger partial charge in [0.2, 0.25) is 5.91 Å². The molecule has 1 fully saturated rings. The number of aromatic nitrogens is 3. The molecular weight excluding hydrogens is 344 g/mol. The monoisotopic (exact) mass is 370 g/mol. The van der Waals surface area contributed by atoms with Crippen LogP contribution in [0.5, 0.6) is 0 Å². The van der Waals surface area contributed by atoms with Gasteiger partial charge >= 0.3 is 0 Å². The Balaban J connectivity index is 1.77. The van der Waals surface area contributed by atoms with Gasteiger partial charge in [0.25, 0.3) is 5.56 Å². The number of piperidine rings is 1. The zero-order chi connectivity index (χ0) is 19.3. The van der Waals surface area contributed by atoms with Gasteiger partial charge in [-0.25, -0.2) is 4.68 Å². The van der Waals surface area contributed by atoms with Crippen LogP contribution < -0.4 is 5.56 Å². The first-order valence-corrected chi connectivity index (χ1v) is 9.69. The summed E-state index contributed by atoms with van der Waals surface area (Å²) in [6, 6.07) is 2.93. The van der Waals surface area contributed by atoms with Gasteiger partial charge in [0.15, 0.2) is 5.58 Å². The standard InChI is InChI=1S/C20H26N4O3/c1-5-18-21-24(14(4)19(25)22-10-12(2)8-13(3)11-22)20(26)16-9-17-15(23(16)18)6-7-27-17/h6-7,9,12-14H,5,8,10-11H2,1-4H3/t12-,13+,14-/m1/s1. The SMILES string of the molecule is CCc1nn([C@H](C)C(=O)N2C[C@H](C)C[C@H](C)C2)c(=O)c2cc3occc3n12. The van der Waals surface area contributed by atoms with Gasteiger partial charge in [-0.05, 0) is 25.2 Å². The number of likely N-dealkylation sites (tertiary alicyclic amines) is 1. The highest BCUT2D eigenvalue weighted by molar-refractivity contribution is 5.83. The molecule has 0 bridgehead atoms. The fourth-order valence-corrected chi connectivity index (χ4v) is 4.40. The Morgan fingerprint density at radius 2 is 2.00 bits per heavy atom. The molecular formula is C20H26N4O3. The quantitative estimate of drug-likeness (QED) is 0.711. The Hall–Kier alpha value is -2.57. The van der Waals surface area contributed by atoms with Crippen LogP contribution >= 0.6 is 0 Å². The molecule has 0 saturated carbocycles. The van der Waals surface area contributed by atoms with E-state index in [1.807, 2.05) is 22.3 Å². The zero-order valence-electron chi connectivity index (χ0n) is 16.3. The summed E-state index contributed by atoms with van der Waals surface area (Å²) in [4.78, 5) is 28.1. The lowest BCUT2D eigenvalue weighted by Crippen LogP contribution is -2.47. The van der Waals surface area contributed by atoms with E-state index < -0.39 is 6.04 Å². The minimum atomic E-state index is -0.633. The summed E-state index contributed by atoms with van der Waals surface area (Å²) in [6.07, 6.45) is 3.38. The smallest absolute Gasteiger partial charge is 0.291 e. The van der Waals surface area contributed by atoms with E-state index in [1.54, 1.807) is 19.3 Å². The highest BCUT2D eigenvalue weighted by Gasteiger charge is 2.30. The molecule has 7 heteroatoms. The summed E-state index contributed by atoms with van der Waals surface area (Å²) in [5, 5.41) is 4.55. The van der Waals surface area contributed by atoms with Crippen molar-refractivity contribution in [3.05, 3.63) is 34.6 Å². The van der Waals surface area contributed by atoms with Gasteiger partial charge in [0, 0.05) is 31.6 Å². The molecule has 3 aromatic rings. The average molecular weight is 370 g/mol. The number of fused-ring (bicyclic) bond motifs is 3. The zero-order valence-corrected chi connectivity index (χ0v) is 16.3. The predicted octanol–water partition coefficient (Wildman–Crippen LogP) is 2.87. The molecule has 4 rings (SSSR count). The number of rotatable bonds is 3. The van der Waals surface area contributed by atoms with E-state index in [0.29, 0.717) is 29.4 Å². The van der Waals surface area contributed by atoms with E-state index in [9.17, 15) is 9.59 Å². The summed E-state index contributed by atoms with van der Waals surface area (Å²) >= 11 is 0. The van der Waals surface area contributed by atoms with Crippen LogP contribution in [0.3, 0.4) is 0 Å². The van der Waals surface area contributed by atoms with Crippen molar-refractivity contribution < 1.29 is 9.21 Å². The van der Waals surface area contributed by atoms with E-state index in [-0.39, 0.29) is 11.5 Å². The van der Waals surface area contributed by atoms with E-state index in [1.165, 1.54) is 4.68 Å². The van der Waals surface area contributed by atoms with Crippen LogP contribution in [0.15, 0.2) is 27.6 Å². The van der Waals surface area contributed by atoms with Gasteiger partial charge in [-0.3, -0.25) is 14.0 Å². The molecule has 1 saturated heterocycles. The largest absolute Gasteiger partial charge is 0.463 e. The number of carbonyl (C=O) groups excluding carboxylic acids is 1. The lowest BCUT2D eigenvalue weighted by Gasteiger charge is -2.36. The van der Waals surface area contributed by atoms with Gasteiger partial charge in [-0.2, -0.15) is 5.10 Å². The van der Waals surface area contributed by atoms with Crippen molar-refractivity contribution in [2.45, 2.75) is 46.6 Å². The molecule has 3 atom stereocenters. The Morgan fingerprint density at radius 3 is 2.67 bits per heavy atom. The summed E-state index contributed by atoms with van der Waals surface area (Å²) in [7, 11) is 0. The van der Waals surface area contributed by atoms with Crippen LogP contribution in [-0.2, 0) is 11.2 Å². The first kappa shape index (κ1) is 17.8. The molecule has 3 aromatic heterocycles. The van der Waals surface area contributed by atoms with Crippen molar-refractivity contribution in [1.29, 1.82) is 0 Å². The number of hydrogen-bond donors (Lipinski definition) is 0. The second kappa shape index (κ2) is 6.55. The Kier molecular flexibility index (Phi) is 4.32. The first-order chi connectivity index (χ1) is 12.9. The minimum Gasteiger partial charge on any atom is -0.463 e. The molecule has 4 heterocycles. The maximum atomic E-state index is 13.1. The first-order valence-electron chi connectivity index (χ1n) is 9.69. The molecule has 1 amide bonds. The van der Waals surface area contributed by atoms with E-state index in [4.69, 9.17) is 4.42 Å². The number of carbonyl (C=O) groups is 1. The van der Waals surface area contributed by atoms with Crippen molar-refractivity contribution in [1.82, 2.24) is 19.1 Å². The molecule has 1 aliphatic heterocycles. The molecule has 0 spiro atoms. The van der Waals surface area contributed by atoms with Gasteiger partial charge in [0.05, 0.1) is 11.8 Å². The molecule has 0 N–H and O–H groups in total. The Labute approximate surface area is 157 Å². The van der Waals surface area contributed by atoms with Gasteiger partial charge in [-0.15, -0.1) is 0 Å². The van der Waals surface area contributed by atoms with Crippen LogP contribution in [0.1, 0.15) is 46.0 Å². The molecule has 0 radical (unpaired) electrons. The number of nitrogens with zero attached hydrogens (tertiary/aromatic N) is 4. The van der Waals surface area contributed by atoms with Crippen LogP contribution in [0.2, 0.25) is 0 Å². The van der Waals surface area contributed by atoms with Gasteiger partial charge < -0.3 is 9.32 Å². The number of aryl methyl sites for hydroxylation is 1. The number of amides is 1. The Morgan fingerprint density at radius 1 is 1.30 bits per heavy atom. The van der Waals surface area contributed by atoms with E-state index >= 15 is 0 Å². The molecule has 0 aromatic carbocycles. The summed E-state index contributed by atoms with van der Waals surface area (Å²) in [5.74, 6) is 1.65. The van der Waals surface area contributed by atoms with E-state index in [2.05, 4.69) is 18.9 Å². The second-order valence-electron chi connectivity index (χ2n) is 7.92. The van der Waals surface area contributed by atoms with Crippen LogP contribution in [0, 0.1) is 11.8 Å². The third-order valence-corrected chi connectivity index (χ3v) is 5.55. The third-order valence-electron chi connectivity index (χ3n) is 5.55. The van der Waals surface area contributed by atoms with Gasteiger partial charge in [-0.1, -0.05) is 20.8 Å². The number of furan rings is 1. The molecule has 0 unspecified atom stereocenters. The van der Waals surface area contributed by atoms with E-state index in [0.717, 1.165) is 30.9 Å². The topological polar surface area (TPSA) is 72.8 Å². The second-order valence-corrected chi connectivity index (χ2v) is 7.92. The Bertz CT molecular complexity index is 1050. The van der Waals surface area contributed by atoms with Crippen LogP contribution in [0.4, 0.5) is 0 Å². The molecule has 0 aliphatic carbocycles. The third kappa shape index (κ3) is 2.85. The normalized spacial score (nSPS) is 21.9. The molecule has 27 heavy (non-hydrogen) atoms. The average Bonchev–Trinajstić information content (AvgIpc) is 3.22. The molecule has 7 nitrogen and oxygen atoms in total. The van der Waals surface area contributed by atoms with Crippen molar-refractivity contribution >= 4 is 22.5 Å². The summed E-state index contributed by atoms with van der Waals surface area (Å²) in [6.45, 7) is 9.57. The minimum absolute atomic E-state index is 0.0374. The number of hydrogen-bond acceptors (Lipinski definition) is 4.